The number of aromatic nitrogens is 4. The molecular formula is C6H5ClN4OS. The molecule has 0 N–H and O–H groups in total. The summed E-state index contributed by atoms with van der Waals surface area (Å²) in [5, 5.41) is 12.8. The molecule has 7 heteroatoms. The summed E-state index contributed by atoms with van der Waals surface area (Å²) in [5.41, 5.74) is 0.584. The molecule has 0 amide bonds. The van der Waals surface area contributed by atoms with Crippen molar-refractivity contribution in [3.8, 4) is 11.6 Å². The smallest absolute Gasteiger partial charge is 0.269 e. The molecule has 2 rings (SSSR count). The van der Waals surface area contributed by atoms with E-state index in [1.807, 2.05) is 0 Å². The van der Waals surface area contributed by atoms with Crippen LogP contribution in [0.5, 0.6) is 0 Å². The second-order valence-corrected chi connectivity index (χ2v) is 3.62. The summed E-state index contributed by atoms with van der Waals surface area (Å²) in [6, 6.07) is 0. The highest BCUT2D eigenvalue weighted by atomic mass is 35.5. The summed E-state index contributed by atoms with van der Waals surface area (Å²) < 4.78 is 8.92. The van der Waals surface area contributed by atoms with Gasteiger partial charge < -0.3 is 4.42 Å². The number of hydrogen-bond acceptors (Lipinski definition) is 6. The summed E-state index contributed by atoms with van der Waals surface area (Å²) >= 11 is 6.98. The van der Waals surface area contributed by atoms with Gasteiger partial charge in [-0.3, -0.25) is 0 Å². The summed E-state index contributed by atoms with van der Waals surface area (Å²) in [6.45, 7) is 1.76. The quantitative estimate of drug-likeness (QED) is 0.718. The Hall–Kier alpha value is -1.01. The van der Waals surface area contributed by atoms with Gasteiger partial charge in [0.1, 0.15) is 5.38 Å². The molecule has 5 nitrogen and oxygen atoms in total. The van der Waals surface area contributed by atoms with Crippen LogP contribution in [0.3, 0.4) is 0 Å². The number of rotatable bonds is 2. The van der Waals surface area contributed by atoms with Crippen LogP contribution in [0.15, 0.2) is 9.80 Å². The predicted octanol–water partition coefficient (Wildman–Crippen LogP) is 1.89. The van der Waals surface area contributed by atoms with Crippen molar-refractivity contribution in [2.45, 2.75) is 12.3 Å². The van der Waals surface area contributed by atoms with Crippen LogP contribution >= 0.6 is 23.1 Å². The number of halogens is 1. The molecule has 2 heterocycles. The summed E-state index contributed by atoms with van der Waals surface area (Å²) in [6.07, 6.45) is 0. The molecular weight excluding hydrogens is 212 g/mol. The van der Waals surface area contributed by atoms with E-state index < -0.39 is 0 Å². The third kappa shape index (κ3) is 1.68. The van der Waals surface area contributed by atoms with Crippen LogP contribution in [-0.4, -0.2) is 19.8 Å². The van der Waals surface area contributed by atoms with Gasteiger partial charge in [0.05, 0.1) is 0 Å². The minimum absolute atomic E-state index is 0.284. The Kier molecular flexibility index (Phi) is 2.24. The molecule has 1 atom stereocenters. The predicted molar refractivity (Wildman–Crippen MR) is 47.5 cm³/mol. The van der Waals surface area contributed by atoms with Crippen LogP contribution in [0.1, 0.15) is 18.2 Å². The Morgan fingerprint density at radius 2 is 2.31 bits per heavy atom. The van der Waals surface area contributed by atoms with Crippen molar-refractivity contribution in [2.75, 3.05) is 0 Å². The molecule has 1 unspecified atom stereocenters. The lowest BCUT2D eigenvalue weighted by Gasteiger charge is -1.90. The highest BCUT2D eigenvalue weighted by Crippen LogP contribution is 2.22. The Bertz CT molecular complexity index is 385. The maximum Gasteiger partial charge on any atom is 0.269 e. The molecule has 13 heavy (non-hydrogen) atoms. The first-order valence-corrected chi connectivity index (χ1v) is 4.79. The van der Waals surface area contributed by atoms with E-state index in [-0.39, 0.29) is 5.38 Å². The highest BCUT2D eigenvalue weighted by Gasteiger charge is 2.13. The van der Waals surface area contributed by atoms with Crippen molar-refractivity contribution in [1.82, 2.24) is 19.8 Å². The summed E-state index contributed by atoms with van der Waals surface area (Å²) in [7, 11) is 0. The molecule has 0 aliphatic carbocycles. The third-order valence-corrected chi connectivity index (χ3v) is 2.05. The molecule has 0 saturated carbocycles. The second-order valence-electron chi connectivity index (χ2n) is 2.35. The van der Waals surface area contributed by atoms with Crippen molar-refractivity contribution < 1.29 is 4.42 Å². The zero-order chi connectivity index (χ0) is 9.26. The molecule has 0 bridgehead atoms. The van der Waals surface area contributed by atoms with Gasteiger partial charge in [-0.25, -0.2) is 0 Å². The van der Waals surface area contributed by atoms with Gasteiger partial charge in [-0.15, -0.1) is 26.9 Å². The summed E-state index contributed by atoms with van der Waals surface area (Å²) in [5.74, 6) is 0.751. The van der Waals surface area contributed by atoms with Gasteiger partial charge in [-0.05, 0) is 18.5 Å². The van der Waals surface area contributed by atoms with Crippen molar-refractivity contribution >= 4 is 23.1 Å². The van der Waals surface area contributed by atoms with Crippen molar-refractivity contribution in [2.24, 2.45) is 0 Å². The molecule has 0 aliphatic heterocycles. The van der Waals surface area contributed by atoms with Crippen molar-refractivity contribution in [3.05, 3.63) is 11.3 Å². The topological polar surface area (TPSA) is 64.7 Å². The van der Waals surface area contributed by atoms with Gasteiger partial charge in [0, 0.05) is 5.38 Å². The SMILES string of the molecule is CC(Cl)c1nnc(-c2csnn2)o1. The molecule has 2 aromatic heterocycles. The molecule has 0 radical (unpaired) electrons. The standard InChI is InChI=1S/C6H5ClN4OS/c1-3(7)5-9-10-6(12-5)4-2-13-11-8-4/h2-3H,1H3. The van der Waals surface area contributed by atoms with E-state index in [1.54, 1.807) is 12.3 Å². The van der Waals surface area contributed by atoms with Gasteiger partial charge in [0.25, 0.3) is 5.89 Å². The van der Waals surface area contributed by atoms with Crippen LogP contribution in [0, 0.1) is 0 Å². The summed E-state index contributed by atoms with van der Waals surface area (Å²) in [4.78, 5) is 0. The fourth-order valence-corrected chi connectivity index (χ4v) is 1.27. The molecule has 0 aliphatic rings. The van der Waals surface area contributed by atoms with Crippen LogP contribution < -0.4 is 0 Å². The lowest BCUT2D eigenvalue weighted by atomic mass is 10.5. The van der Waals surface area contributed by atoms with E-state index in [0.717, 1.165) is 0 Å². The van der Waals surface area contributed by atoms with Gasteiger partial charge >= 0.3 is 0 Å². The maximum absolute atomic E-state index is 5.75. The molecule has 0 fully saturated rings. The van der Waals surface area contributed by atoms with Gasteiger partial charge in [0.2, 0.25) is 5.89 Å². The number of nitrogens with zero attached hydrogens (tertiary/aromatic N) is 4. The second kappa shape index (κ2) is 3.39. The first-order valence-electron chi connectivity index (χ1n) is 3.52. The fraction of sp³-hybridized carbons (Fsp3) is 0.333. The Labute approximate surface area is 82.9 Å². The van der Waals surface area contributed by atoms with E-state index in [1.165, 1.54) is 11.5 Å². The van der Waals surface area contributed by atoms with E-state index in [0.29, 0.717) is 17.5 Å². The first-order chi connectivity index (χ1) is 6.27. The van der Waals surface area contributed by atoms with Gasteiger partial charge in [-0.2, -0.15) is 0 Å². The first kappa shape index (κ1) is 8.58. The van der Waals surface area contributed by atoms with Crippen LogP contribution in [-0.2, 0) is 0 Å². The minimum Gasteiger partial charge on any atom is -0.418 e. The molecule has 68 valence electrons. The fourth-order valence-electron chi connectivity index (χ4n) is 0.757. The third-order valence-electron chi connectivity index (χ3n) is 1.36. The lowest BCUT2D eigenvalue weighted by molar-refractivity contribution is 0.505. The monoisotopic (exact) mass is 216 g/mol. The largest absolute Gasteiger partial charge is 0.418 e. The van der Waals surface area contributed by atoms with Crippen molar-refractivity contribution in [1.29, 1.82) is 0 Å². The van der Waals surface area contributed by atoms with E-state index >= 15 is 0 Å². The Balaban J connectivity index is 2.33. The molecule has 2 aromatic rings. The average molecular weight is 217 g/mol. The number of alkyl halides is 1. The van der Waals surface area contributed by atoms with Gasteiger partial charge in [0.15, 0.2) is 5.69 Å². The highest BCUT2D eigenvalue weighted by molar-refractivity contribution is 7.03. The Morgan fingerprint density at radius 3 is 2.85 bits per heavy atom. The van der Waals surface area contributed by atoms with E-state index in [2.05, 4.69) is 19.8 Å². The Morgan fingerprint density at radius 1 is 1.46 bits per heavy atom. The van der Waals surface area contributed by atoms with Crippen LogP contribution in [0.2, 0.25) is 0 Å². The minimum atomic E-state index is -0.284. The normalized spacial score (nSPS) is 13.1. The average Bonchev–Trinajstić information content (AvgIpc) is 2.75. The zero-order valence-corrected chi connectivity index (χ0v) is 8.21. The number of hydrogen-bond donors (Lipinski definition) is 0. The lowest BCUT2D eigenvalue weighted by Crippen LogP contribution is -1.81. The van der Waals surface area contributed by atoms with Crippen molar-refractivity contribution in [3.63, 3.8) is 0 Å². The molecule has 0 saturated heterocycles. The van der Waals surface area contributed by atoms with Crippen LogP contribution in [0.4, 0.5) is 0 Å². The van der Waals surface area contributed by atoms with E-state index in [9.17, 15) is 0 Å². The van der Waals surface area contributed by atoms with Gasteiger partial charge in [-0.1, -0.05) is 4.49 Å². The molecule has 0 spiro atoms. The van der Waals surface area contributed by atoms with Crippen LogP contribution in [0.25, 0.3) is 11.6 Å². The van der Waals surface area contributed by atoms with E-state index in [4.69, 9.17) is 16.0 Å². The zero-order valence-electron chi connectivity index (χ0n) is 6.64. The maximum atomic E-state index is 5.75. The molecule has 0 aromatic carbocycles.